The maximum Gasteiger partial charge on any atom is 0.0950 e. The molecule has 0 heterocycles. The molecule has 114 valence electrons. The molecular weight excluding hydrogens is 250 g/mol. The Bertz CT molecular complexity index is 418. The molecule has 0 radical (unpaired) electrons. The van der Waals surface area contributed by atoms with E-state index in [1.54, 1.807) is 6.92 Å². The SMILES string of the molecule is Cc1cc(C)c(C(O)C(NCC(C)O)C(C)C)c(C)c1. The Labute approximate surface area is 123 Å². The van der Waals surface area contributed by atoms with Gasteiger partial charge in [0.2, 0.25) is 0 Å². The van der Waals surface area contributed by atoms with Crippen LogP contribution in [0.2, 0.25) is 0 Å². The minimum atomic E-state index is -0.561. The van der Waals surface area contributed by atoms with Gasteiger partial charge in [0.05, 0.1) is 12.2 Å². The first kappa shape index (κ1) is 17.2. The lowest BCUT2D eigenvalue weighted by atomic mass is 9.87. The molecule has 20 heavy (non-hydrogen) atoms. The Balaban J connectivity index is 3.03. The summed E-state index contributed by atoms with van der Waals surface area (Å²) in [5.74, 6) is 0.281. The average Bonchev–Trinajstić information content (AvgIpc) is 2.26. The molecule has 0 fully saturated rings. The van der Waals surface area contributed by atoms with Crippen molar-refractivity contribution in [1.29, 1.82) is 0 Å². The normalized spacial score (nSPS) is 16.2. The summed E-state index contributed by atoms with van der Waals surface area (Å²) in [6.45, 7) is 12.6. The smallest absolute Gasteiger partial charge is 0.0950 e. The number of hydrogen-bond donors (Lipinski definition) is 3. The maximum atomic E-state index is 10.8. The third-order valence-corrected chi connectivity index (χ3v) is 3.74. The zero-order valence-corrected chi connectivity index (χ0v) is 13.6. The Hall–Kier alpha value is -0.900. The third kappa shape index (κ3) is 4.30. The van der Waals surface area contributed by atoms with E-state index in [-0.39, 0.29) is 12.0 Å². The zero-order valence-electron chi connectivity index (χ0n) is 13.6. The molecule has 1 aromatic carbocycles. The van der Waals surface area contributed by atoms with Crippen molar-refractivity contribution in [3.8, 4) is 0 Å². The molecule has 3 atom stereocenters. The van der Waals surface area contributed by atoms with Crippen LogP contribution in [-0.2, 0) is 0 Å². The topological polar surface area (TPSA) is 52.5 Å². The van der Waals surface area contributed by atoms with Gasteiger partial charge >= 0.3 is 0 Å². The third-order valence-electron chi connectivity index (χ3n) is 3.74. The summed E-state index contributed by atoms with van der Waals surface area (Å²) >= 11 is 0. The second kappa shape index (κ2) is 7.21. The standard InChI is InChI=1S/C17H29NO2/c1-10(2)16(18-9-14(6)19)17(20)15-12(4)7-11(3)8-13(15)5/h7-8,10,14,16-20H,9H2,1-6H3. The molecule has 3 heteroatoms. The van der Waals surface area contributed by atoms with Crippen molar-refractivity contribution in [3.63, 3.8) is 0 Å². The number of rotatable bonds is 6. The van der Waals surface area contributed by atoms with Crippen LogP contribution in [0.3, 0.4) is 0 Å². The van der Waals surface area contributed by atoms with Crippen molar-refractivity contribution in [2.45, 2.75) is 59.8 Å². The zero-order chi connectivity index (χ0) is 15.4. The van der Waals surface area contributed by atoms with Crippen LogP contribution in [0.4, 0.5) is 0 Å². The molecule has 0 spiro atoms. The predicted molar refractivity (Wildman–Crippen MR) is 83.9 cm³/mol. The first-order valence-electron chi connectivity index (χ1n) is 7.41. The second-order valence-corrected chi connectivity index (χ2v) is 6.28. The van der Waals surface area contributed by atoms with Crippen molar-refractivity contribution >= 4 is 0 Å². The minimum Gasteiger partial charge on any atom is -0.392 e. The van der Waals surface area contributed by atoms with Crippen LogP contribution in [0, 0.1) is 26.7 Å². The van der Waals surface area contributed by atoms with Gasteiger partial charge in [0.15, 0.2) is 0 Å². The molecule has 0 aliphatic carbocycles. The van der Waals surface area contributed by atoms with Crippen LogP contribution >= 0.6 is 0 Å². The van der Waals surface area contributed by atoms with E-state index in [9.17, 15) is 10.2 Å². The van der Waals surface area contributed by atoms with E-state index in [2.05, 4.69) is 38.2 Å². The molecule has 3 N–H and O–H groups in total. The van der Waals surface area contributed by atoms with Crippen LogP contribution in [-0.4, -0.2) is 28.9 Å². The molecule has 1 aromatic rings. The summed E-state index contributed by atoms with van der Waals surface area (Å²) in [6.07, 6.45) is -0.974. The lowest BCUT2D eigenvalue weighted by Crippen LogP contribution is -2.42. The van der Waals surface area contributed by atoms with E-state index in [1.165, 1.54) is 5.56 Å². The molecule has 0 aliphatic rings. The highest BCUT2D eigenvalue weighted by Gasteiger charge is 2.26. The monoisotopic (exact) mass is 279 g/mol. The van der Waals surface area contributed by atoms with Crippen molar-refractivity contribution in [3.05, 3.63) is 34.4 Å². The quantitative estimate of drug-likeness (QED) is 0.750. The van der Waals surface area contributed by atoms with Crippen molar-refractivity contribution in [2.24, 2.45) is 5.92 Å². The molecule has 0 saturated heterocycles. The Morgan fingerprint density at radius 1 is 1.00 bits per heavy atom. The number of aliphatic hydroxyl groups excluding tert-OH is 2. The number of hydrogen-bond acceptors (Lipinski definition) is 3. The van der Waals surface area contributed by atoms with Gasteiger partial charge in [0.1, 0.15) is 0 Å². The molecule has 1 rings (SSSR count). The van der Waals surface area contributed by atoms with Crippen LogP contribution in [0.25, 0.3) is 0 Å². The van der Waals surface area contributed by atoms with Gasteiger partial charge in [-0.05, 0) is 50.3 Å². The van der Waals surface area contributed by atoms with Gasteiger partial charge in [-0.25, -0.2) is 0 Å². The number of nitrogens with one attached hydrogen (secondary N) is 1. The van der Waals surface area contributed by atoms with Crippen molar-refractivity contribution < 1.29 is 10.2 Å². The summed E-state index contributed by atoms with van der Waals surface area (Å²) in [6, 6.07) is 4.15. The number of benzene rings is 1. The highest BCUT2D eigenvalue weighted by atomic mass is 16.3. The van der Waals surface area contributed by atoms with E-state index in [0.29, 0.717) is 6.54 Å². The van der Waals surface area contributed by atoms with Gasteiger partial charge in [0.25, 0.3) is 0 Å². The number of aliphatic hydroxyl groups is 2. The summed E-state index contributed by atoms with van der Waals surface area (Å²) in [4.78, 5) is 0. The molecule has 0 aliphatic heterocycles. The summed E-state index contributed by atoms with van der Waals surface area (Å²) in [5, 5.41) is 23.5. The van der Waals surface area contributed by atoms with Gasteiger partial charge < -0.3 is 15.5 Å². The average molecular weight is 279 g/mol. The maximum absolute atomic E-state index is 10.8. The van der Waals surface area contributed by atoms with Gasteiger partial charge in [-0.15, -0.1) is 0 Å². The Morgan fingerprint density at radius 3 is 1.90 bits per heavy atom. The largest absolute Gasteiger partial charge is 0.392 e. The molecular formula is C17H29NO2. The first-order chi connectivity index (χ1) is 9.23. The molecule has 0 aromatic heterocycles. The highest BCUT2D eigenvalue weighted by Crippen LogP contribution is 2.28. The molecule has 3 unspecified atom stereocenters. The van der Waals surface area contributed by atoms with E-state index in [0.717, 1.165) is 16.7 Å². The fourth-order valence-electron chi connectivity index (χ4n) is 2.86. The van der Waals surface area contributed by atoms with Crippen LogP contribution in [0.15, 0.2) is 12.1 Å². The van der Waals surface area contributed by atoms with Crippen LogP contribution in [0.5, 0.6) is 0 Å². The van der Waals surface area contributed by atoms with Crippen LogP contribution < -0.4 is 5.32 Å². The molecule has 0 amide bonds. The summed E-state index contributed by atoms with van der Waals surface area (Å²) in [7, 11) is 0. The number of aryl methyl sites for hydroxylation is 3. The fourth-order valence-corrected chi connectivity index (χ4v) is 2.86. The van der Waals surface area contributed by atoms with E-state index < -0.39 is 12.2 Å². The lowest BCUT2D eigenvalue weighted by Gasteiger charge is -2.30. The van der Waals surface area contributed by atoms with Gasteiger partial charge in [0, 0.05) is 12.6 Å². The predicted octanol–water partition coefficient (Wildman–Crippen LogP) is 2.64. The molecule has 3 nitrogen and oxygen atoms in total. The fraction of sp³-hybridized carbons (Fsp3) is 0.647. The van der Waals surface area contributed by atoms with E-state index >= 15 is 0 Å². The van der Waals surface area contributed by atoms with Gasteiger partial charge in [-0.3, -0.25) is 0 Å². The second-order valence-electron chi connectivity index (χ2n) is 6.28. The van der Waals surface area contributed by atoms with Gasteiger partial charge in [-0.1, -0.05) is 31.5 Å². The Morgan fingerprint density at radius 2 is 1.50 bits per heavy atom. The Kier molecular flexibility index (Phi) is 6.18. The minimum absolute atomic E-state index is 0.0651. The van der Waals surface area contributed by atoms with Crippen molar-refractivity contribution in [1.82, 2.24) is 5.32 Å². The van der Waals surface area contributed by atoms with E-state index in [1.807, 2.05) is 13.8 Å². The summed E-state index contributed by atoms with van der Waals surface area (Å²) < 4.78 is 0. The highest BCUT2D eigenvalue weighted by molar-refractivity contribution is 5.39. The molecule has 0 saturated carbocycles. The van der Waals surface area contributed by atoms with Gasteiger partial charge in [-0.2, -0.15) is 0 Å². The first-order valence-corrected chi connectivity index (χ1v) is 7.41. The summed E-state index contributed by atoms with van der Waals surface area (Å²) in [5.41, 5.74) is 4.47. The van der Waals surface area contributed by atoms with Crippen molar-refractivity contribution in [2.75, 3.05) is 6.54 Å². The van der Waals surface area contributed by atoms with E-state index in [4.69, 9.17) is 0 Å². The van der Waals surface area contributed by atoms with Crippen LogP contribution in [0.1, 0.15) is 49.1 Å². The lowest BCUT2D eigenvalue weighted by molar-refractivity contribution is 0.0921. The molecule has 0 bridgehead atoms.